The minimum atomic E-state index is -4.41. The lowest BCUT2D eigenvalue weighted by molar-refractivity contribution is -0.140. The fourth-order valence-corrected chi connectivity index (χ4v) is 1.86. The minimum Gasteiger partial charge on any atom is -0.262 e. The molecule has 0 saturated carbocycles. The molecule has 92 valence electrons. The smallest absolute Gasteiger partial charge is 0.262 e. The van der Waals surface area contributed by atoms with Gasteiger partial charge in [0, 0.05) is 11.4 Å². The molecule has 1 aromatic carbocycles. The molecule has 0 radical (unpaired) electrons. The Bertz CT molecular complexity index is 553. The van der Waals surface area contributed by atoms with Gasteiger partial charge in [-0.1, -0.05) is 11.6 Å². The molecule has 0 aliphatic rings. The van der Waals surface area contributed by atoms with Gasteiger partial charge >= 0.3 is 6.18 Å². The van der Waals surface area contributed by atoms with Gasteiger partial charge in [0.15, 0.2) is 5.69 Å². The van der Waals surface area contributed by atoms with Crippen molar-refractivity contribution < 1.29 is 13.2 Å². The van der Waals surface area contributed by atoms with Crippen LogP contribution in [0.5, 0.6) is 0 Å². The molecule has 2 rings (SSSR count). The summed E-state index contributed by atoms with van der Waals surface area (Å²) in [5, 5.41) is 3.87. The Morgan fingerprint density at radius 1 is 1.24 bits per heavy atom. The number of aromatic nitrogens is 2. The molecule has 0 spiro atoms. The van der Waals surface area contributed by atoms with Crippen molar-refractivity contribution in [2.75, 3.05) is 0 Å². The van der Waals surface area contributed by atoms with E-state index in [1.54, 1.807) is 19.1 Å². The van der Waals surface area contributed by atoms with Gasteiger partial charge in [-0.15, -0.1) is 0 Å². The Morgan fingerprint density at radius 3 is 2.41 bits per heavy atom. The Hall–Kier alpha value is -1.52. The quantitative estimate of drug-likeness (QED) is 0.740. The van der Waals surface area contributed by atoms with Crippen LogP contribution in [0.2, 0.25) is 0 Å². The van der Waals surface area contributed by atoms with Gasteiger partial charge < -0.3 is 0 Å². The maximum atomic E-state index is 12.9. The zero-order valence-corrected chi connectivity index (χ0v) is 9.84. The van der Waals surface area contributed by atoms with Crippen molar-refractivity contribution in [3.05, 3.63) is 29.5 Å². The summed E-state index contributed by atoms with van der Waals surface area (Å²) in [6.45, 7) is 5.39. The fraction of sp³-hybridized carbons (Fsp3) is 0.417. The van der Waals surface area contributed by atoms with Crippen molar-refractivity contribution in [1.29, 1.82) is 0 Å². The third-order valence-electron chi connectivity index (χ3n) is 2.62. The van der Waals surface area contributed by atoms with Crippen LogP contribution in [0.3, 0.4) is 0 Å². The lowest BCUT2D eigenvalue weighted by atomic mass is 10.1. The van der Waals surface area contributed by atoms with E-state index in [1.165, 1.54) is 10.7 Å². The normalized spacial score (nSPS) is 12.6. The van der Waals surface area contributed by atoms with E-state index in [4.69, 9.17) is 0 Å². The van der Waals surface area contributed by atoms with Crippen molar-refractivity contribution in [3.8, 4) is 0 Å². The summed E-state index contributed by atoms with van der Waals surface area (Å²) >= 11 is 0. The topological polar surface area (TPSA) is 17.8 Å². The number of aryl methyl sites for hydroxylation is 1. The number of rotatable bonds is 1. The van der Waals surface area contributed by atoms with Crippen molar-refractivity contribution in [2.24, 2.45) is 0 Å². The van der Waals surface area contributed by atoms with E-state index in [2.05, 4.69) is 5.10 Å². The van der Waals surface area contributed by atoms with Crippen molar-refractivity contribution in [2.45, 2.75) is 33.0 Å². The number of alkyl halides is 3. The lowest BCUT2D eigenvalue weighted by Crippen LogP contribution is -2.09. The van der Waals surface area contributed by atoms with E-state index >= 15 is 0 Å². The molecular formula is C12H13F3N2. The molecule has 17 heavy (non-hydrogen) atoms. The Balaban J connectivity index is 2.80. The van der Waals surface area contributed by atoms with Crippen molar-refractivity contribution in [1.82, 2.24) is 9.78 Å². The van der Waals surface area contributed by atoms with Gasteiger partial charge in [-0.05, 0) is 32.9 Å². The summed E-state index contributed by atoms with van der Waals surface area (Å²) < 4.78 is 40.0. The highest BCUT2D eigenvalue weighted by Gasteiger charge is 2.37. The Morgan fingerprint density at radius 2 is 1.88 bits per heavy atom. The summed E-state index contributed by atoms with van der Waals surface area (Å²) in [4.78, 5) is 0. The van der Waals surface area contributed by atoms with Crippen LogP contribution in [-0.4, -0.2) is 9.78 Å². The second-order valence-corrected chi connectivity index (χ2v) is 4.41. The van der Waals surface area contributed by atoms with Crippen LogP contribution < -0.4 is 0 Å². The second kappa shape index (κ2) is 3.75. The molecule has 2 nitrogen and oxygen atoms in total. The number of halogens is 3. The van der Waals surface area contributed by atoms with Gasteiger partial charge in [-0.2, -0.15) is 18.3 Å². The number of nitrogens with zero attached hydrogens (tertiary/aromatic N) is 2. The second-order valence-electron chi connectivity index (χ2n) is 4.41. The highest BCUT2D eigenvalue weighted by molar-refractivity contribution is 5.83. The maximum Gasteiger partial charge on any atom is 0.435 e. The largest absolute Gasteiger partial charge is 0.435 e. The van der Waals surface area contributed by atoms with Gasteiger partial charge in [-0.25, -0.2) is 0 Å². The van der Waals surface area contributed by atoms with Crippen molar-refractivity contribution in [3.63, 3.8) is 0 Å². The lowest BCUT2D eigenvalue weighted by Gasteiger charge is -2.06. The zero-order valence-electron chi connectivity index (χ0n) is 9.84. The van der Waals surface area contributed by atoms with Crippen LogP contribution in [0.15, 0.2) is 18.2 Å². The number of hydrogen-bond donors (Lipinski definition) is 0. The Labute approximate surface area is 97.0 Å². The molecule has 1 heterocycles. The van der Waals surface area contributed by atoms with Crippen LogP contribution >= 0.6 is 0 Å². The van der Waals surface area contributed by atoms with E-state index in [0.29, 0.717) is 5.52 Å². The first-order valence-corrected chi connectivity index (χ1v) is 5.37. The molecule has 1 aromatic heterocycles. The van der Waals surface area contributed by atoms with Crippen LogP contribution in [0, 0.1) is 6.92 Å². The van der Waals surface area contributed by atoms with Gasteiger partial charge in [0.25, 0.3) is 0 Å². The molecule has 0 atom stereocenters. The van der Waals surface area contributed by atoms with Gasteiger partial charge in [0.1, 0.15) is 0 Å². The molecule has 0 aliphatic heterocycles. The maximum absolute atomic E-state index is 12.9. The molecule has 0 bridgehead atoms. The standard InChI is InChI=1S/C12H13F3N2/c1-7(2)17-10-5-4-8(3)6-9(10)11(16-17)12(13,14)15/h4-7H,1-3H3. The molecule has 0 aliphatic carbocycles. The van der Waals surface area contributed by atoms with Gasteiger partial charge in [0.2, 0.25) is 0 Å². The predicted octanol–water partition coefficient (Wildman–Crippen LogP) is 3.94. The van der Waals surface area contributed by atoms with E-state index in [9.17, 15) is 13.2 Å². The fourth-order valence-electron chi connectivity index (χ4n) is 1.86. The number of benzene rings is 1. The minimum absolute atomic E-state index is 0.101. The summed E-state index contributed by atoms with van der Waals surface area (Å²) in [5.41, 5.74) is 0.522. The van der Waals surface area contributed by atoms with Crippen LogP contribution in [0.25, 0.3) is 10.9 Å². The van der Waals surface area contributed by atoms with E-state index in [-0.39, 0.29) is 11.4 Å². The molecule has 0 amide bonds. The predicted molar refractivity (Wildman–Crippen MR) is 59.9 cm³/mol. The average molecular weight is 242 g/mol. The van der Waals surface area contributed by atoms with E-state index in [0.717, 1.165) is 5.56 Å². The third kappa shape index (κ3) is 2.01. The first-order chi connectivity index (χ1) is 7.80. The van der Waals surface area contributed by atoms with Crippen molar-refractivity contribution >= 4 is 10.9 Å². The first kappa shape index (κ1) is 12.0. The number of hydrogen-bond acceptors (Lipinski definition) is 1. The SMILES string of the molecule is Cc1ccc2c(c1)c(C(F)(F)F)nn2C(C)C. The summed E-state index contributed by atoms with van der Waals surface area (Å²) in [6, 6.07) is 4.91. The molecule has 5 heteroatoms. The van der Waals surface area contributed by atoms with E-state index in [1.807, 2.05) is 13.8 Å². The van der Waals surface area contributed by atoms with E-state index < -0.39 is 11.9 Å². The van der Waals surface area contributed by atoms with Gasteiger partial charge in [-0.3, -0.25) is 4.68 Å². The van der Waals surface area contributed by atoms with Gasteiger partial charge in [0.05, 0.1) is 5.52 Å². The molecule has 0 N–H and O–H groups in total. The monoisotopic (exact) mass is 242 g/mol. The molecule has 0 fully saturated rings. The van der Waals surface area contributed by atoms with Crippen LogP contribution in [0.4, 0.5) is 13.2 Å². The Kier molecular flexibility index (Phi) is 2.64. The van der Waals surface area contributed by atoms with Crippen LogP contribution in [-0.2, 0) is 6.18 Å². The summed E-state index contributed by atoms with van der Waals surface area (Å²) in [6.07, 6.45) is -4.41. The molecular weight excluding hydrogens is 229 g/mol. The van der Waals surface area contributed by atoms with Crippen LogP contribution in [0.1, 0.15) is 31.1 Å². The summed E-state index contributed by atoms with van der Waals surface area (Å²) in [5.74, 6) is 0. The molecule has 0 saturated heterocycles. The molecule has 0 unspecified atom stereocenters. The highest BCUT2D eigenvalue weighted by atomic mass is 19.4. The number of fused-ring (bicyclic) bond motifs is 1. The first-order valence-electron chi connectivity index (χ1n) is 5.37. The molecule has 2 aromatic rings. The zero-order chi connectivity index (χ0) is 12.8. The summed E-state index contributed by atoms with van der Waals surface area (Å²) in [7, 11) is 0. The average Bonchev–Trinajstić information content (AvgIpc) is 2.55. The third-order valence-corrected chi connectivity index (χ3v) is 2.62. The highest BCUT2D eigenvalue weighted by Crippen LogP contribution is 2.35.